The molecule has 2 aromatic heterocycles. The molecular formula is C18H13N5O2. The van der Waals surface area contributed by atoms with E-state index in [2.05, 4.69) is 25.4 Å². The molecule has 0 unspecified atom stereocenters. The summed E-state index contributed by atoms with van der Waals surface area (Å²) in [6, 6.07) is 15.0. The molecule has 7 nitrogen and oxygen atoms in total. The zero-order valence-corrected chi connectivity index (χ0v) is 13.1. The molecule has 0 aliphatic heterocycles. The number of esters is 1. The summed E-state index contributed by atoms with van der Waals surface area (Å²) in [6.45, 7) is 0.141. The molecule has 1 N–H and O–H groups in total. The van der Waals surface area contributed by atoms with Crippen molar-refractivity contribution in [1.82, 2.24) is 25.4 Å². The molecule has 0 saturated carbocycles. The highest BCUT2D eigenvalue weighted by atomic mass is 16.5. The molecule has 0 fully saturated rings. The van der Waals surface area contributed by atoms with E-state index in [9.17, 15) is 4.79 Å². The van der Waals surface area contributed by atoms with Crippen LogP contribution in [-0.2, 0) is 11.3 Å². The summed E-state index contributed by atoms with van der Waals surface area (Å²) in [5.74, 6) is 0.0912. The van der Waals surface area contributed by atoms with Crippen LogP contribution in [0.5, 0.6) is 0 Å². The zero-order valence-electron chi connectivity index (χ0n) is 13.1. The van der Waals surface area contributed by atoms with Gasteiger partial charge in [-0.05, 0) is 17.7 Å². The van der Waals surface area contributed by atoms with Gasteiger partial charge < -0.3 is 4.74 Å². The Balaban J connectivity index is 1.44. The molecule has 0 amide bonds. The zero-order chi connectivity index (χ0) is 17.1. The summed E-state index contributed by atoms with van der Waals surface area (Å²) in [5, 5.41) is 10.5. The SMILES string of the molecule is O=C(OCc1ccc2n[nH]nc2c1)c1cnc(-c2ccccc2)nc1. The fourth-order valence-electron chi connectivity index (χ4n) is 2.38. The average molecular weight is 331 g/mol. The standard InChI is InChI=1S/C18H13N5O2/c24-18(25-11-12-6-7-15-16(8-12)22-23-21-15)14-9-19-17(20-10-14)13-4-2-1-3-5-13/h1-10H,11H2,(H,21,22,23). The summed E-state index contributed by atoms with van der Waals surface area (Å²) in [5.41, 5.74) is 3.52. The van der Waals surface area contributed by atoms with Gasteiger partial charge in [-0.2, -0.15) is 15.4 Å². The van der Waals surface area contributed by atoms with Crippen molar-refractivity contribution in [1.29, 1.82) is 0 Å². The monoisotopic (exact) mass is 331 g/mol. The second kappa shape index (κ2) is 6.48. The molecule has 0 radical (unpaired) electrons. The Labute approximate surface area is 142 Å². The number of carbonyl (C=O) groups is 1. The Morgan fingerprint density at radius 2 is 1.72 bits per heavy atom. The van der Waals surface area contributed by atoms with Crippen LogP contribution in [0.3, 0.4) is 0 Å². The summed E-state index contributed by atoms with van der Waals surface area (Å²) in [4.78, 5) is 20.6. The van der Waals surface area contributed by atoms with E-state index in [1.807, 2.05) is 48.5 Å². The topological polar surface area (TPSA) is 93.7 Å². The van der Waals surface area contributed by atoms with Crippen LogP contribution in [0.15, 0.2) is 60.9 Å². The van der Waals surface area contributed by atoms with Crippen molar-refractivity contribution in [2.75, 3.05) is 0 Å². The van der Waals surface area contributed by atoms with Gasteiger partial charge >= 0.3 is 5.97 Å². The lowest BCUT2D eigenvalue weighted by Crippen LogP contribution is -2.06. The predicted molar refractivity (Wildman–Crippen MR) is 90.5 cm³/mol. The van der Waals surface area contributed by atoms with Gasteiger partial charge in [0.2, 0.25) is 0 Å². The highest BCUT2D eigenvalue weighted by Gasteiger charge is 2.10. The van der Waals surface area contributed by atoms with Gasteiger partial charge in [-0.1, -0.05) is 36.4 Å². The van der Waals surface area contributed by atoms with Crippen LogP contribution in [0.25, 0.3) is 22.4 Å². The number of benzene rings is 2. The molecule has 7 heteroatoms. The Morgan fingerprint density at radius 1 is 0.960 bits per heavy atom. The molecular weight excluding hydrogens is 318 g/mol. The van der Waals surface area contributed by atoms with Crippen molar-refractivity contribution >= 4 is 17.0 Å². The normalized spacial score (nSPS) is 10.7. The van der Waals surface area contributed by atoms with Gasteiger partial charge in [-0.3, -0.25) is 0 Å². The minimum Gasteiger partial charge on any atom is -0.457 e. The first-order chi connectivity index (χ1) is 12.3. The van der Waals surface area contributed by atoms with E-state index in [1.54, 1.807) is 0 Å². The van der Waals surface area contributed by atoms with Crippen LogP contribution in [0.4, 0.5) is 0 Å². The minimum absolute atomic E-state index is 0.141. The van der Waals surface area contributed by atoms with Crippen LogP contribution >= 0.6 is 0 Å². The van der Waals surface area contributed by atoms with E-state index >= 15 is 0 Å². The van der Waals surface area contributed by atoms with E-state index in [1.165, 1.54) is 12.4 Å². The third-order valence-electron chi connectivity index (χ3n) is 3.67. The summed E-state index contributed by atoms with van der Waals surface area (Å²) >= 11 is 0. The van der Waals surface area contributed by atoms with Crippen LogP contribution in [0.1, 0.15) is 15.9 Å². The smallest absolute Gasteiger partial charge is 0.341 e. The third-order valence-corrected chi connectivity index (χ3v) is 3.67. The van der Waals surface area contributed by atoms with Crippen molar-refractivity contribution < 1.29 is 9.53 Å². The second-order valence-electron chi connectivity index (χ2n) is 5.38. The maximum atomic E-state index is 12.1. The van der Waals surface area contributed by atoms with Gasteiger partial charge in [0.25, 0.3) is 0 Å². The molecule has 25 heavy (non-hydrogen) atoms. The Hall–Kier alpha value is -3.61. The molecule has 0 saturated heterocycles. The first-order valence-electron chi connectivity index (χ1n) is 7.63. The number of fused-ring (bicyclic) bond motifs is 1. The minimum atomic E-state index is -0.472. The largest absolute Gasteiger partial charge is 0.457 e. The Bertz CT molecular complexity index is 1010. The van der Waals surface area contributed by atoms with Gasteiger partial charge in [0.1, 0.15) is 17.6 Å². The number of hydrogen-bond donors (Lipinski definition) is 1. The lowest BCUT2D eigenvalue weighted by molar-refractivity contribution is 0.0472. The maximum absolute atomic E-state index is 12.1. The number of H-pyrrole nitrogens is 1. The number of aromatic nitrogens is 5. The van der Waals surface area contributed by atoms with Crippen LogP contribution in [0, 0.1) is 0 Å². The molecule has 0 aliphatic rings. The molecule has 0 aliphatic carbocycles. The van der Waals surface area contributed by atoms with Crippen LogP contribution in [0.2, 0.25) is 0 Å². The maximum Gasteiger partial charge on any atom is 0.341 e. The van der Waals surface area contributed by atoms with Crippen molar-refractivity contribution in [3.63, 3.8) is 0 Å². The van der Waals surface area contributed by atoms with Crippen LogP contribution < -0.4 is 0 Å². The van der Waals surface area contributed by atoms with Gasteiger partial charge in [0.05, 0.1) is 5.56 Å². The fourth-order valence-corrected chi connectivity index (χ4v) is 2.38. The predicted octanol–water partition coefficient (Wildman–Crippen LogP) is 2.77. The summed E-state index contributed by atoms with van der Waals surface area (Å²) < 4.78 is 5.31. The van der Waals surface area contributed by atoms with Gasteiger partial charge in [-0.15, -0.1) is 0 Å². The number of rotatable bonds is 4. The highest BCUT2D eigenvalue weighted by Crippen LogP contribution is 2.15. The van der Waals surface area contributed by atoms with E-state index in [0.717, 1.165) is 22.2 Å². The molecule has 4 aromatic rings. The number of nitrogens with zero attached hydrogens (tertiary/aromatic N) is 4. The molecule has 122 valence electrons. The van der Waals surface area contributed by atoms with Gasteiger partial charge in [-0.25, -0.2) is 14.8 Å². The molecule has 0 atom stereocenters. The van der Waals surface area contributed by atoms with E-state index < -0.39 is 5.97 Å². The number of aromatic amines is 1. The Kier molecular flexibility index (Phi) is 3.88. The molecule has 2 heterocycles. The fraction of sp³-hybridized carbons (Fsp3) is 0.0556. The quantitative estimate of drug-likeness (QED) is 0.578. The van der Waals surface area contributed by atoms with Crippen molar-refractivity contribution in [3.8, 4) is 11.4 Å². The number of carbonyl (C=O) groups excluding carboxylic acids is 1. The van der Waals surface area contributed by atoms with Crippen LogP contribution in [-0.4, -0.2) is 31.3 Å². The Morgan fingerprint density at radius 3 is 2.52 bits per heavy atom. The number of nitrogens with one attached hydrogen (secondary N) is 1. The van der Waals surface area contributed by atoms with E-state index in [-0.39, 0.29) is 6.61 Å². The third kappa shape index (κ3) is 3.20. The number of ether oxygens (including phenoxy) is 1. The van der Waals surface area contributed by atoms with E-state index in [0.29, 0.717) is 11.4 Å². The average Bonchev–Trinajstić information content (AvgIpc) is 3.15. The van der Waals surface area contributed by atoms with Crippen molar-refractivity contribution in [3.05, 3.63) is 72.1 Å². The lowest BCUT2D eigenvalue weighted by atomic mass is 10.2. The van der Waals surface area contributed by atoms with E-state index in [4.69, 9.17) is 4.74 Å². The summed E-state index contributed by atoms with van der Waals surface area (Å²) in [6.07, 6.45) is 2.94. The first kappa shape index (κ1) is 14.9. The molecule has 0 spiro atoms. The lowest BCUT2D eigenvalue weighted by Gasteiger charge is -2.05. The van der Waals surface area contributed by atoms with Crippen molar-refractivity contribution in [2.45, 2.75) is 6.61 Å². The number of hydrogen-bond acceptors (Lipinski definition) is 6. The van der Waals surface area contributed by atoms with Gasteiger partial charge in [0.15, 0.2) is 5.82 Å². The second-order valence-corrected chi connectivity index (χ2v) is 5.38. The first-order valence-corrected chi connectivity index (χ1v) is 7.63. The molecule has 0 bridgehead atoms. The highest BCUT2D eigenvalue weighted by molar-refractivity contribution is 5.88. The molecule has 2 aromatic carbocycles. The molecule has 4 rings (SSSR count). The van der Waals surface area contributed by atoms with Crippen molar-refractivity contribution in [2.24, 2.45) is 0 Å². The summed E-state index contributed by atoms with van der Waals surface area (Å²) in [7, 11) is 0. The van der Waals surface area contributed by atoms with Gasteiger partial charge in [0, 0.05) is 18.0 Å².